The van der Waals surface area contributed by atoms with E-state index in [-0.39, 0.29) is 30.1 Å². The standard InChI is InChI=1S/C22H27N3O4/c26-20(24-8-3-4-9-24)13-28-17-7-10-29-22(12-17)14-25(15-22)21(27)19-11-16-5-1-2-6-18(16)23-19/h1-2,5-6,11,17,23H,3-4,7-10,12-15H2/t17-/m1/s1. The number of likely N-dealkylation sites (tertiary alicyclic amines) is 2. The van der Waals surface area contributed by atoms with Crippen molar-refractivity contribution in [3.8, 4) is 0 Å². The molecule has 1 atom stereocenters. The first-order valence-electron chi connectivity index (χ1n) is 10.5. The van der Waals surface area contributed by atoms with Crippen LogP contribution in [0.1, 0.15) is 36.2 Å². The number of benzene rings is 1. The normalized spacial score (nSPS) is 23.5. The van der Waals surface area contributed by atoms with Gasteiger partial charge in [0.15, 0.2) is 0 Å². The Morgan fingerprint density at radius 2 is 1.97 bits per heavy atom. The molecule has 1 N–H and O–H groups in total. The average Bonchev–Trinajstić information content (AvgIpc) is 3.39. The number of nitrogens with one attached hydrogen (secondary N) is 1. The number of ether oxygens (including phenoxy) is 2. The minimum Gasteiger partial charge on any atom is -0.371 e. The maximum atomic E-state index is 12.8. The zero-order valence-electron chi connectivity index (χ0n) is 16.6. The van der Waals surface area contributed by atoms with Crippen molar-refractivity contribution in [2.75, 3.05) is 39.4 Å². The van der Waals surface area contributed by atoms with Crippen LogP contribution in [0.4, 0.5) is 0 Å². The van der Waals surface area contributed by atoms with E-state index in [1.54, 1.807) is 0 Å². The third-order valence-corrected chi connectivity index (χ3v) is 6.35. The fourth-order valence-electron chi connectivity index (χ4n) is 4.74. The largest absolute Gasteiger partial charge is 0.371 e. The number of para-hydroxylation sites is 1. The summed E-state index contributed by atoms with van der Waals surface area (Å²) in [7, 11) is 0. The number of H-pyrrole nitrogens is 1. The van der Waals surface area contributed by atoms with Crippen molar-refractivity contribution >= 4 is 22.7 Å². The molecule has 1 aromatic heterocycles. The van der Waals surface area contributed by atoms with Crippen LogP contribution in [0.2, 0.25) is 0 Å². The molecule has 0 bridgehead atoms. The lowest BCUT2D eigenvalue weighted by molar-refractivity contribution is -0.188. The van der Waals surface area contributed by atoms with E-state index in [1.165, 1.54) is 0 Å². The van der Waals surface area contributed by atoms with Gasteiger partial charge in [-0.1, -0.05) is 18.2 Å². The number of aromatic amines is 1. The van der Waals surface area contributed by atoms with Crippen LogP contribution in [0.25, 0.3) is 10.9 Å². The number of carbonyl (C=O) groups excluding carboxylic acids is 2. The monoisotopic (exact) mass is 397 g/mol. The number of fused-ring (bicyclic) bond motifs is 1. The van der Waals surface area contributed by atoms with Gasteiger partial charge in [0.2, 0.25) is 5.91 Å². The Labute approximate surface area is 169 Å². The van der Waals surface area contributed by atoms with Gasteiger partial charge in [-0.3, -0.25) is 9.59 Å². The molecule has 1 aromatic carbocycles. The summed E-state index contributed by atoms with van der Waals surface area (Å²) in [5.74, 6) is 0.0925. The van der Waals surface area contributed by atoms with E-state index in [0.717, 1.165) is 49.7 Å². The molecule has 2 aromatic rings. The molecule has 7 nitrogen and oxygen atoms in total. The first-order chi connectivity index (χ1) is 14.1. The Hall–Kier alpha value is -2.38. The zero-order valence-corrected chi connectivity index (χ0v) is 16.6. The van der Waals surface area contributed by atoms with Crippen LogP contribution in [-0.4, -0.2) is 77.7 Å². The molecular formula is C22H27N3O4. The summed E-state index contributed by atoms with van der Waals surface area (Å²) in [5, 5.41) is 1.04. The molecule has 7 heteroatoms. The van der Waals surface area contributed by atoms with E-state index in [9.17, 15) is 9.59 Å². The van der Waals surface area contributed by atoms with E-state index >= 15 is 0 Å². The maximum Gasteiger partial charge on any atom is 0.270 e. The van der Waals surface area contributed by atoms with Gasteiger partial charge >= 0.3 is 0 Å². The highest BCUT2D eigenvalue weighted by Crippen LogP contribution is 2.36. The second-order valence-electron chi connectivity index (χ2n) is 8.48. The highest BCUT2D eigenvalue weighted by atomic mass is 16.5. The van der Waals surface area contributed by atoms with Crippen LogP contribution >= 0.6 is 0 Å². The molecule has 3 fully saturated rings. The van der Waals surface area contributed by atoms with Gasteiger partial charge in [0.05, 0.1) is 19.2 Å². The Kier molecular flexibility index (Phi) is 4.80. The molecule has 5 rings (SSSR count). The van der Waals surface area contributed by atoms with E-state index in [2.05, 4.69) is 4.98 Å². The van der Waals surface area contributed by atoms with E-state index in [1.807, 2.05) is 40.1 Å². The molecule has 0 radical (unpaired) electrons. The third kappa shape index (κ3) is 3.65. The first-order valence-corrected chi connectivity index (χ1v) is 10.5. The topological polar surface area (TPSA) is 74.9 Å². The number of carbonyl (C=O) groups is 2. The smallest absolute Gasteiger partial charge is 0.270 e. The quantitative estimate of drug-likeness (QED) is 0.858. The number of aromatic nitrogens is 1. The van der Waals surface area contributed by atoms with Crippen molar-refractivity contribution in [1.82, 2.24) is 14.8 Å². The van der Waals surface area contributed by atoms with Crippen molar-refractivity contribution in [3.05, 3.63) is 36.0 Å². The summed E-state index contributed by atoms with van der Waals surface area (Å²) >= 11 is 0. The van der Waals surface area contributed by atoms with Gasteiger partial charge in [-0.25, -0.2) is 0 Å². The summed E-state index contributed by atoms with van der Waals surface area (Å²) < 4.78 is 12.0. The van der Waals surface area contributed by atoms with E-state index < -0.39 is 0 Å². The zero-order chi connectivity index (χ0) is 19.8. The second-order valence-corrected chi connectivity index (χ2v) is 8.48. The van der Waals surface area contributed by atoms with Crippen LogP contribution in [0.3, 0.4) is 0 Å². The third-order valence-electron chi connectivity index (χ3n) is 6.35. The van der Waals surface area contributed by atoms with Crippen LogP contribution < -0.4 is 0 Å². The molecule has 4 heterocycles. The number of hydrogen-bond donors (Lipinski definition) is 1. The Bertz CT molecular complexity index is 879. The molecule has 0 saturated carbocycles. The Balaban J connectivity index is 1.15. The molecule has 2 amide bonds. The fourth-order valence-corrected chi connectivity index (χ4v) is 4.74. The van der Waals surface area contributed by atoms with Gasteiger partial charge in [-0.2, -0.15) is 0 Å². The van der Waals surface area contributed by atoms with Gasteiger partial charge < -0.3 is 24.3 Å². The Morgan fingerprint density at radius 3 is 2.76 bits per heavy atom. The molecule has 29 heavy (non-hydrogen) atoms. The molecule has 0 aliphatic carbocycles. The van der Waals surface area contributed by atoms with Crippen molar-refractivity contribution in [1.29, 1.82) is 0 Å². The molecule has 1 spiro atoms. The lowest BCUT2D eigenvalue weighted by Gasteiger charge is -2.52. The molecule has 3 saturated heterocycles. The summed E-state index contributed by atoms with van der Waals surface area (Å²) in [6, 6.07) is 9.79. The number of hydrogen-bond acceptors (Lipinski definition) is 4. The minimum atomic E-state index is -0.332. The molecular weight excluding hydrogens is 370 g/mol. The van der Waals surface area contributed by atoms with Crippen LogP contribution in [-0.2, 0) is 14.3 Å². The predicted molar refractivity (Wildman–Crippen MR) is 108 cm³/mol. The lowest BCUT2D eigenvalue weighted by atomic mass is 9.84. The molecule has 3 aliphatic rings. The highest BCUT2D eigenvalue weighted by molar-refractivity contribution is 5.98. The maximum absolute atomic E-state index is 12.8. The summed E-state index contributed by atoms with van der Waals surface area (Å²) in [6.45, 7) is 3.60. The number of nitrogens with zero attached hydrogens (tertiary/aromatic N) is 2. The van der Waals surface area contributed by atoms with Gasteiger partial charge in [0.25, 0.3) is 5.91 Å². The van der Waals surface area contributed by atoms with Crippen molar-refractivity contribution in [2.45, 2.75) is 37.4 Å². The summed E-state index contributed by atoms with van der Waals surface area (Å²) in [6.07, 6.45) is 3.72. The number of amides is 2. The lowest BCUT2D eigenvalue weighted by Crippen LogP contribution is -2.67. The highest BCUT2D eigenvalue weighted by Gasteiger charge is 2.50. The summed E-state index contributed by atoms with van der Waals surface area (Å²) in [4.78, 5) is 32.0. The number of rotatable bonds is 4. The molecule has 154 valence electrons. The summed E-state index contributed by atoms with van der Waals surface area (Å²) in [5.41, 5.74) is 1.25. The SMILES string of the molecule is O=C(CO[C@@H]1CCOC2(C1)CN(C(=O)c1cc3ccccc3[nH]1)C2)N1CCCC1. The van der Waals surface area contributed by atoms with Crippen molar-refractivity contribution < 1.29 is 19.1 Å². The molecule has 0 unspecified atom stereocenters. The van der Waals surface area contributed by atoms with Crippen LogP contribution in [0.15, 0.2) is 30.3 Å². The van der Waals surface area contributed by atoms with Gasteiger partial charge in [0.1, 0.15) is 17.9 Å². The Morgan fingerprint density at radius 1 is 1.17 bits per heavy atom. The first kappa shape index (κ1) is 18.6. The second kappa shape index (κ2) is 7.46. The van der Waals surface area contributed by atoms with E-state index in [4.69, 9.17) is 9.47 Å². The molecule has 3 aliphatic heterocycles. The fraction of sp³-hybridized carbons (Fsp3) is 0.545. The van der Waals surface area contributed by atoms with Crippen LogP contribution in [0.5, 0.6) is 0 Å². The van der Waals surface area contributed by atoms with E-state index in [0.29, 0.717) is 25.4 Å². The van der Waals surface area contributed by atoms with Gasteiger partial charge in [0, 0.05) is 37.0 Å². The average molecular weight is 397 g/mol. The van der Waals surface area contributed by atoms with Crippen molar-refractivity contribution in [3.63, 3.8) is 0 Å². The van der Waals surface area contributed by atoms with Gasteiger partial charge in [-0.15, -0.1) is 0 Å². The van der Waals surface area contributed by atoms with Crippen LogP contribution in [0, 0.1) is 0 Å². The predicted octanol–water partition coefficient (Wildman–Crippen LogP) is 2.18. The van der Waals surface area contributed by atoms with Gasteiger partial charge in [-0.05, 0) is 31.4 Å². The minimum absolute atomic E-state index is 0.00248. The van der Waals surface area contributed by atoms with Crippen molar-refractivity contribution in [2.24, 2.45) is 0 Å².